The van der Waals surface area contributed by atoms with E-state index in [4.69, 9.17) is 5.39 Å². The van der Waals surface area contributed by atoms with E-state index < -0.39 is 8.07 Å². The van der Waals surface area contributed by atoms with Gasteiger partial charge in [0.05, 0.1) is 0 Å². The first kappa shape index (κ1) is 16.5. The highest BCUT2D eigenvalue weighted by Crippen LogP contribution is 2.40. The molecule has 1 aromatic rings. The van der Waals surface area contributed by atoms with Crippen LogP contribution in [-0.2, 0) is 0 Å². The molecular weight excluding hydrogens is 260 g/mol. The Labute approximate surface area is 124 Å². The van der Waals surface area contributed by atoms with Gasteiger partial charge in [0.2, 0.25) is 5.39 Å². The summed E-state index contributed by atoms with van der Waals surface area (Å²) in [6.07, 6.45) is 0. The highest BCUT2D eigenvalue weighted by atomic mass is 28.3. The molecule has 0 aliphatic carbocycles. The molecule has 0 fully saturated rings. The van der Waals surface area contributed by atoms with Gasteiger partial charge in [-0.3, -0.25) is 0 Å². The van der Waals surface area contributed by atoms with Crippen molar-refractivity contribution in [3.63, 3.8) is 0 Å². The predicted molar refractivity (Wildman–Crippen MR) is 89.1 cm³/mol. The third-order valence-corrected chi connectivity index (χ3v) is 10.6. The van der Waals surface area contributed by atoms with E-state index in [-0.39, 0.29) is 0 Å². The fraction of sp³-hybridized carbons (Fsp3) is 0.529. The van der Waals surface area contributed by atoms with Crippen molar-refractivity contribution in [1.82, 2.24) is 0 Å². The molecule has 2 nitrogen and oxygen atoms in total. The van der Waals surface area contributed by atoms with E-state index in [1.165, 1.54) is 0 Å². The maximum Gasteiger partial charge on any atom is 0.385 e. The zero-order valence-corrected chi connectivity index (χ0v) is 14.4. The van der Waals surface area contributed by atoms with Gasteiger partial charge >= 0.3 is 5.69 Å². The van der Waals surface area contributed by atoms with Crippen LogP contribution < -0.4 is 0 Å². The molecule has 0 spiro atoms. The molecule has 0 aliphatic heterocycles. The monoisotopic (exact) mass is 285 g/mol. The van der Waals surface area contributed by atoms with Crippen LogP contribution in [0.2, 0.25) is 16.6 Å². The Hall–Kier alpha value is -1.58. The minimum atomic E-state index is -1.67. The van der Waals surface area contributed by atoms with Crippen molar-refractivity contribution >= 4 is 13.8 Å². The van der Waals surface area contributed by atoms with Crippen LogP contribution in [0.15, 0.2) is 24.3 Å². The molecule has 0 amide bonds. The number of hydrogen-bond donors (Lipinski definition) is 0. The molecule has 0 heterocycles. The Bertz CT molecular complexity index is 517. The second-order valence-corrected chi connectivity index (χ2v) is 11.9. The number of diazo groups is 1. The number of nitrogens with zero attached hydrogens (tertiary/aromatic N) is 2. The zero-order valence-electron chi connectivity index (χ0n) is 13.4. The van der Waals surface area contributed by atoms with E-state index in [1.54, 1.807) is 12.1 Å². The van der Waals surface area contributed by atoms with E-state index in [0.717, 1.165) is 5.56 Å². The largest absolute Gasteiger partial charge is 0.385 e. The van der Waals surface area contributed by atoms with Crippen molar-refractivity contribution in [1.29, 1.82) is 5.39 Å². The molecule has 1 rings (SSSR count). The zero-order chi connectivity index (χ0) is 15.3. The lowest BCUT2D eigenvalue weighted by molar-refractivity contribution is 0.838. The Balaban J connectivity index is 3.20. The van der Waals surface area contributed by atoms with Crippen LogP contribution in [0.4, 0.5) is 5.69 Å². The summed E-state index contributed by atoms with van der Waals surface area (Å²) in [6, 6.07) is 7.41. The first-order valence-electron chi connectivity index (χ1n) is 7.33. The average Bonchev–Trinajstić information content (AvgIpc) is 2.38. The smallest absolute Gasteiger partial charge is 0.125 e. The molecule has 0 saturated heterocycles. The van der Waals surface area contributed by atoms with Gasteiger partial charge < -0.3 is 0 Å². The second-order valence-electron chi connectivity index (χ2n) is 6.29. The van der Waals surface area contributed by atoms with Crippen LogP contribution in [0, 0.1) is 16.9 Å². The fourth-order valence-corrected chi connectivity index (χ4v) is 8.45. The molecule has 20 heavy (non-hydrogen) atoms. The van der Waals surface area contributed by atoms with Crippen molar-refractivity contribution in [2.24, 2.45) is 0 Å². The summed E-state index contributed by atoms with van der Waals surface area (Å²) in [4.78, 5) is 3.17. The van der Waals surface area contributed by atoms with E-state index in [0.29, 0.717) is 22.3 Å². The molecule has 0 bridgehead atoms. The molecule has 0 aliphatic rings. The van der Waals surface area contributed by atoms with Crippen molar-refractivity contribution < 1.29 is 0 Å². The minimum absolute atomic E-state index is 0.565. The minimum Gasteiger partial charge on any atom is -0.125 e. The van der Waals surface area contributed by atoms with Crippen molar-refractivity contribution in [2.45, 2.75) is 58.2 Å². The summed E-state index contributed by atoms with van der Waals surface area (Å²) in [5.74, 6) is 3.37. The van der Waals surface area contributed by atoms with Gasteiger partial charge in [0.1, 0.15) is 8.07 Å². The second kappa shape index (κ2) is 6.73. The predicted octanol–water partition coefficient (Wildman–Crippen LogP) is 5.74. The Morgan fingerprint density at radius 2 is 1.35 bits per heavy atom. The molecule has 3 heteroatoms. The lowest BCUT2D eigenvalue weighted by atomic mass is 10.2. The molecule has 0 saturated carbocycles. The van der Waals surface area contributed by atoms with Gasteiger partial charge in [-0.15, -0.1) is 5.54 Å². The van der Waals surface area contributed by atoms with E-state index in [2.05, 4.69) is 58.0 Å². The first-order chi connectivity index (χ1) is 9.34. The molecule has 106 valence electrons. The molecule has 1 aromatic carbocycles. The standard InChI is InChI=1S/C17H25N2Si/c1-13(2)20(14(3)4,15(5)6)12-11-16-7-9-17(19-18)10-8-16/h7-10,13-15H,1-6H3/q+1. The lowest BCUT2D eigenvalue weighted by Gasteiger charge is -2.38. The highest BCUT2D eigenvalue weighted by molar-refractivity contribution is 6.90. The molecule has 0 aromatic heterocycles. The van der Waals surface area contributed by atoms with Crippen LogP contribution in [0.3, 0.4) is 0 Å². The maximum absolute atomic E-state index is 8.70. The highest BCUT2D eigenvalue weighted by Gasteiger charge is 2.41. The topological polar surface area (TPSA) is 28.1 Å². The Morgan fingerprint density at radius 3 is 1.70 bits per heavy atom. The van der Waals surface area contributed by atoms with Gasteiger partial charge in [0.15, 0.2) is 4.98 Å². The van der Waals surface area contributed by atoms with Crippen molar-refractivity contribution in [2.75, 3.05) is 0 Å². The van der Waals surface area contributed by atoms with E-state index in [9.17, 15) is 0 Å². The molecule has 0 radical (unpaired) electrons. The molecule has 0 atom stereocenters. The van der Waals surface area contributed by atoms with Gasteiger partial charge in [-0.25, -0.2) is 0 Å². The van der Waals surface area contributed by atoms with Crippen molar-refractivity contribution in [3.8, 4) is 11.5 Å². The van der Waals surface area contributed by atoms with Crippen LogP contribution in [0.1, 0.15) is 47.1 Å². The summed E-state index contributed by atoms with van der Waals surface area (Å²) >= 11 is 0. The van der Waals surface area contributed by atoms with Crippen LogP contribution in [0.5, 0.6) is 0 Å². The maximum atomic E-state index is 8.70. The van der Waals surface area contributed by atoms with E-state index in [1.807, 2.05) is 12.1 Å². The quantitative estimate of drug-likeness (QED) is 0.395. The number of rotatable bonds is 3. The van der Waals surface area contributed by atoms with Crippen LogP contribution in [0.25, 0.3) is 4.98 Å². The first-order valence-corrected chi connectivity index (χ1v) is 9.56. The summed E-state index contributed by atoms with van der Waals surface area (Å²) in [7, 11) is -1.67. The third-order valence-electron chi connectivity index (χ3n) is 4.27. The normalized spacial score (nSPS) is 11.4. The summed E-state index contributed by atoms with van der Waals surface area (Å²) < 4.78 is 0. The van der Waals surface area contributed by atoms with Crippen LogP contribution >= 0.6 is 0 Å². The van der Waals surface area contributed by atoms with Crippen molar-refractivity contribution in [3.05, 3.63) is 34.8 Å². The number of hydrogen-bond acceptors (Lipinski definition) is 1. The van der Waals surface area contributed by atoms with E-state index >= 15 is 0 Å². The lowest BCUT2D eigenvalue weighted by Crippen LogP contribution is -2.43. The van der Waals surface area contributed by atoms with Gasteiger partial charge in [0.25, 0.3) is 0 Å². The summed E-state index contributed by atoms with van der Waals surface area (Å²) in [5.41, 5.74) is 7.16. The van der Waals surface area contributed by atoms with Gasteiger partial charge in [-0.1, -0.05) is 47.5 Å². The molecule has 0 unspecified atom stereocenters. The third kappa shape index (κ3) is 3.29. The SMILES string of the molecule is CC(C)[Si](C#Cc1ccc([N+]#N)cc1)(C(C)C)C(C)C. The Morgan fingerprint density at radius 1 is 0.900 bits per heavy atom. The van der Waals surface area contributed by atoms with Gasteiger partial charge in [0, 0.05) is 17.7 Å². The van der Waals surface area contributed by atoms with Gasteiger partial charge in [-0.05, 0) is 28.8 Å². The molecular formula is C17H25N2Si+. The average molecular weight is 285 g/mol. The summed E-state index contributed by atoms with van der Waals surface area (Å²) in [6.45, 7) is 13.9. The Kier molecular flexibility index (Phi) is 5.54. The summed E-state index contributed by atoms with van der Waals surface area (Å²) in [5, 5.41) is 8.70. The number of benzene rings is 1. The molecule has 0 N–H and O–H groups in total. The fourth-order valence-electron chi connectivity index (χ4n) is 3.22. The van der Waals surface area contributed by atoms with Gasteiger partial charge in [-0.2, -0.15) is 0 Å². The van der Waals surface area contributed by atoms with Crippen LogP contribution in [-0.4, -0.2) is 8.07 Å².